The van der Waals surface area contributed by atoms with Crippen molar-refractivity contribution in [3.05, 3.63) is 34.1 Å². The molecule has 0 saturated heterocycles. The van der Waals surface area contributed by atoms with Crippen molar-refractivity contribution in [1.29, 1.82) is 0 Å². The van der Waals surface area contributed by atoms with Gasteiger partial charge in [0.2, 0.25) is 0 Å². The van der Waals surface area contributed by atoms with Gasteiger partial charge in [0.1, 0.15) is 17.7 Å². The molecule has 0 radical (unpaired) electrons. The fraction of sp³-hybridized carbons (Fsp3) is 0.724. The number of unbranched alkanes of at least 4 members (excludes halogenated alkanes) is 1. The topological polar surface area (TPSA) is 41.9 Å². The third-order valence-corrected chi connectivity index (χ3v) is 6.72. The Morgan fingerprint density at radius 3 is 2.50 bits per heavy atom. The van der Waals surface area contributed by atoms with Gasteiger partial charge in [-0.2, -0.15) is 0 Å². The van der Waals surface area contributed by atoms with Gasteiger partial charge in [-0.1, -0.05) is 38.8 Å². The zero-order chi connectivity index (χ0) is 25.7. The van der Waals surface area contributed by atoms with Crippen LogP contribution in [-0.4, -0.2) is 42.9 Å². The van der Waals surface area contributed by atoms with Crippen molar-refractivity contribution in [2.75, 3.05) is 20.1 Å². The van der Waals surface area contributed by atoms with E-state index in [0.29, 0.717) is 19.4 Å². The van der Waals surface area contributed by atoms with Crippen molar-refractivity contribution in [1.82, 2.24) is 5.06 Å². The van der Waals surface area contributed by atoms with Crippen LogP contribution in [0.5, 0.6) is 0 Å². The highest BCUT2D eigenvalue weighted by molar-refractivity contribution is 6.01. The number of Topliss-reactive ketones (excluding diaryl/α,β-unsaturated/α-hetero) is 1. The fourth-order valence-electron chi connectivity index (χ4n) is 4.62. The molecule has 4 nitrogen and oxygen atoms in total. The molecule has 0 saturated carbocycles. The van der Waals surface area contributed by atoms with Crippen LogP contribution in [0.25, 0.3) is 0 Å². The molecule has 1 aliphatic rings. The van der Waals surface area contributed by atoms with E-state index in [1.165, 1.54) is 16.7 Å². The number of ketones is 1. The van der Waals surface area contributed by atoms with Gasteiger partial charge in [-0.05, 0) is 88.9 Å². The summed E-state index contributed by atoms with van der Waals surface area (Å²) in [5.74, 6) is 0.977. The number of nitrogens with zero attached hydrogens (tertiary/aromatic N) is 2. The molecule has 0 fully saturated rings. The number of allylic oxidation sites excluding steroid dienone is 5. The molecule has 1 heterocycles. The molecule has 0 amide bonds. The van der Waals surface area contributed by atoms with E-state index in [1.807, 2.05) is 39.0 Å². The minimum absolute atomic E-state index is 0.0850. The summed E-state index contributed by atoms with van der Waals surface area (Å²) >= 11 is 0. The summed E-state index contributed by atoms with van der Waals surface area (Å²) in [6.07, 6.45) is 8.43. The maximum absolute atomic E-state index is 15.3. The summed E-state index contributed by atoms with van der Waals surface area (Å²) in [4.78, 5) is 22.8. The number of hydroxylamine groups is 2. The van der Waals surface area contributed by atoms with Crippen LogP contribution in [0.15, 0.2) is 39.1 Å². The van der Waals surface area contributed by atoms with Gasteiger partial charge in [0, 0.05) is 32.1 Å². The van der Waals surface area contributed by atoms with Crippen molar-refractivity contribution in [2.24, 2.45) is 10.9 Å². The van der Waals surface area contributed by atoms with Crippen molar-refractivity contribution < 1.29 is 14.0 Å². The Hall–Kier alpha value is -1.75. The highest BCUT2D eigenvalue weighted by Crippen LogP contribution is 2.31. The summed E-state index contributed by atoms with van der Waals surface area (Å²) in [6.45, 7) is 15.3. The Morgan fingerprint density at radius 1 is 1.24 bits per heavy atom. The molecular formula is C29H49FN2O2. The van der Waals surface area contributed by atoms with Gasteiger partial charge in [0.05, 0.1) is 6.54 Å². The smallest absolute Gasteiger partial charge is 0.130 e. The fourth-order valence-corrected chi connectivity index (χ4v) is 4.62. The highest BCUT2D eigenvalue weighted by Gasteiger charge is 2.25. The molecule has 0 aromatic heterocycles. The maximum Gasteiger partial charge on any atom is 0.130 e. The van der Waals surface area contributed by atoms with Crippen LogP contribution in [-0.2, 0) is 9.63 Å². The Bertz CT molecular complexity index is 779. The average molecular weight is 477 g/mol. The van der Waals surface area contributed by atoms with Crippen LogP contribution >= 0.6 is 0 Å². The van der Waals surface area contributed by atoms with E-state index >= 15 is 4.39 Å². The van der Waals surface area contributed by atoms with E-state index in [0.717, 1.165) is 68.5 Å². The van der Waals surface area contributed by atoms with Gasteiger partial charge in [0.15, 0.2) is 0 Å². The summed E-state index contributed by atoms with van der Waals surface area (Å²) < 4.78 is 15.3. The number of hydrogen-bond donors (Lipinski definition) is 0. The Labute approximate surface area is 208 Å². The molecule has 1 aliphatic heterocycles. The first kappa shape index (κ1) is 30.3. The predicted octanol–water partition coefficient (Wildman–Crippen LogP) is 7.96. The van der Waals surface area contributed by atoms with Crippen molar-refractivity contribution >= 4 is 11.5 Å². The summed E-state index contributed by atoms with van der Waals surface area (Å²) in [7, 11) is 1.95. The lowest BCUT2D eigenvalue weighted by atomic mass is 9.85. The molecule has 2 atom stereocenters. The third kappa shape index (κ3) is 9.85. The number of carbonyl (C=O) groups excluding carboxylic acids is 1. The lowest BCUT2D eigenvalue weighted by Gasteiger charge is -2.26. The average Bonchev–Trinajstić information content (AvgIpc) is 2.85. The monoisotopic (exact) mass is 476 g/mol. The van der Waals surface area contributed by atoms with Gasteiger partial charge < -0.3 is 9.63 Å². The number of halogens is 1. The minimum atomic E-state index is -0.925. The molecule has 0 aliphatic carbocycles. The molecule has 194 valence electrons. The summed E-state index contributed by atoms with van der Waals surface area (Å²) in [6, 6.07) is 0. The lowest BCUT2D eigenvalue weighted by Crippen LogP contribution is -2.26. The van der Waals surface area contributed by atoms with Crippen LogP contribution in [0.4, 0.5) is 4.39 Å². The number of hydrogen-bond acceptors (Lipinski definition) is 4. The summed E-state index contributed by atoms with van der Waals surface area (Å²) in [5, 5.41) is 1.87. The molecule has 0 aromatic rings. The zero-order valence-corrected chi connectivity index (χ0v) is 23.1. The standard InChI is InChI=1S/C29H49FN2O2/c1-9-13-14-25(19-22(6)29(30)24(10-2)11-3)26-20-32(8)34-28(18-16-23(7)33)21(5)15-17-27(26)31-12-4/h10,22,29H,9,11-20H2,1-8H3/b24-10+,26-25-,28-21-,31-27-. The van der Waals surface area contributed by atoms with Gasteiger partial charge in [-0.25, -0.2) is 4.39 Å². The van der Waals surface area contributed by atoms with Gasteiger partial charge >= 0.3 is 0 Å². The van der Waals surface area contributed by atoms with Crippen LogP contribution in [0.2, 0.25) is 0 Å². The van der Waals surface area contributed by atoms with Crippen molar-refractivity contribution in [3.8, 4) is 0 Å². The molecule has 2 unspecified atom stereocenters. The van der Waals surface area contributed by atoms with E-state index in [4.69, 9.17) is 9.83 Å². The molecule has 34 heavy (non-hydrogen) atoms. The number of rotatable bonds is 12. The number of carbonyl (C=O) groups is 1. The SMILES string of the molecule is C/C=C(\CC)C(F)C(C)C/C(CCCC)=C1/CN(C)O/C(CCC(C)=O)=C(/C)CC/C1=N/CC. The second-order valence-corrected chi connectivity index (χ2v) is 9.69. The van der Waals surface area contributed by atoms with E-state index in [9.17, 15) is 4.79 Å². The van der Waals surface area contributed by atoms with E-state index < -0.39 is 6.17 Å². The largest absolute Gasteiger partial charge is 0.410 e. The second kappa shape index (κ2) is 16.0. The number of alkyl halides is 1. The molecule has 0 spiro atoms. The number of aliphatic imine (C=N–C) groups is 1. The summed E-state index contributed by atoms with van der Waals surface area (Å²) in [5.41, 5.74) is 5.72. The first-order valence-electron chi connectivity index (χ1n) is 13.3. The first-order chi connectivity index (χ1) is 16.2. The van der Waals surface area contributed by atoms with Crippen LogP contribution in [0, 0.1) is 5.92 Å². The first-order valence-corrected chi connectivity index (χ1v) is 13.3. The van der Waals surface area contributed by atoms with E-state index in [2.05, 4.69) is 20.8 Å². The number of likely N-dealkylation sites (N-methyl/N-ethyl adjacent to an activating group) is 1. The quantitative estimate of drug-likeness (QED) is 0.268. The van der Waals surface area contributed by atoms with Crippen molar-refractivity contribution in [2.45, 2.75) is 112 Å². The Balaban J connectivity index is 3.39. The molecule has 0 bridgehead atoms. The lowest BCUT2D eigenvalue weighted by molar-refractivity contribution is -0.118. The van der Waals surface area contributed by atoms with Gasteiger partial charge in [0.25, 0.3) is 0 Å². The second-order valence-electron chi connectivity index (χ2n) is 9.69. The van der Waals surface area contributed by atoms with Gasteiger partial charge in [-0.3, -0.25) is 4.99 Å². The van der Waals surface area contributed by atoms with Crippen molar-refractivity contribution in [3.63, 3.8) is 0 Å². The minimum Gasteiger partial charge on any atom is -0.410 e. The zero-order valence-electron chi connectivity index (χ0n) is 23.1. The van der Waals surface area contributed by atoms with Gasteiger partial charge in [-0.15, -0.1) is 5.06 Å². The van der Waals surface area contributed by atoms with E-state index in [-0.39, 0.29) is 11.7 Å². The molecule has 0 aromatic carbocycles. The van der Waals surface area contributed by atoms with Crippen LogP contribution < -0.4 is 0 Å². The highest BCUT2D eigenvalue weighted by atomic mass is 19.1. The van der Waals surface area contributed by atoms with Crippen LogP contribution in [0.3, 0.4) is 0 Å². The molecule has 1 rings (SSSR count). The third-order valence-electron chi connectivity index (χ3n) is 6.72. The molecular weight excluding hydrogens is 427 g/mol. The Morgan fingerprint density at radius 2 is 1.94 bits per heavy atom. The predicted molar refractivity (Wildman–Crippen MR) is 143 cm³/mol. The maximum atomic E-state index is 15.3. The Kier molecular flexibility index (Phi) is 14.3. The molecule has 5 heteroatoms. The molecule has 0 N–H and O–H groups in total. The normalized spacial score (nSPS) is 23.1. The van der Waals surface area contributed by atoms with E-state index in [1.54, 1.807) is 6.92 Å². The van der Waals surface area contributed by atoms with Crippen LogP contribution in [0.1, 0.15) is 106 Å².